The van der Waals surface area contributed by atoms with Gasteiger partial charge in [0, 0.05) is 0 Å². The predicted molar refractivity (Wildman–Crippen MR) is 73.4 cm³/mol. The Morgan fingerprint density at radius 3 is 2.12 bits per heavy atom. The molecule has 1 nitrogen and oxygen atoms in total. The van der Waals surface area contributed by atoms with Gasteiger partial charge in [-0.3, -0.25) is 0 Å². The highest BCUT2D eigenvalue weighted by Crippen LogP contribution is 2.23. The number of rotatable bonds is 8. The van der Waals surface area contributed by atoms with Gasteiger partial charge in [-0.05, 0) is 37.0 Å². The van der Waals surface area contributed by atoms with Crippen LogP contribution in [0, 0.1) is 0 Å². The Hall–Kier alpha value is -0.240. The normalized spacial score (nSPS) is 10.8. The zero-order chi connectivity index (χ0) is 12.5. The largest absolute Gasteiger partial charge is 0.237 e. The van der Waals surface area contributed by atoms with Crippen molar-refractivity contribution < 1.29 is 5.11 Å². The van der Waals surface area contributed by atoms with Crippen LogP contribution in [0.3, 0.4) is 0 Å². The molecule has 0 fully saturated rings. The van der Waals surface area contributed by atoms with Crippen molar-refractivity contribution in [3.05, 3.63) is 33.8 Å². The van der Waals surface area contributed by atoms with Crippen LogP contribution < -0.4 is 0 Å². The highest BCUT2D eigenvalue weighted by Gasteiger charge is 1.99. The molecule has 0 aliphatic carbocycles. The van der Waals surface area contributed by atoms with Gasteiger partial charge in [-0.25, -0.2) is 5.11 Å². The highest BCUT2D eigenvalue weighted by atomic mass is 35.5. The van der Waals surface area contributed by atoms with E-state index >= 15 is 0 Å². The van der Waals surface area contributed by atoms with Gasteiger partial charge in [0.1, 0.15) is 0 Å². The first-order chi connectivity index (χ1) is 8.24. The maximum Gasteiger partial charge on any atom is 0.0822 e. The molecule has 1 aromatic rings. The van der Waals surface area contributed by atoms with E-state index in [0.29, 0.717) is 10.0 Å². The van der Waals surface area contributed by atoms with Gasteiger partial charge in [0.2, 0.25) is 0 Å². The van der Waals surface area contributed by atoms with Crippen LogP contribution in [0.2, 0.25) is 10.0 Å². The molecule has 3 heteroatoms. The molecule has 1 radical (unpaired) electrons. The Morgan fingerprint density at radius 2 is 1.47 bits per heavy atom. The molecule has 0 heterocycles. The molecular formula is C14H19Cl2O. The van der Waals surface area contributed by atoms with E-state index in [1.54, 1.807) is 0 Å². The summed E-state index contributed by atoms with van der Waals surface area (Å²) in [5, 5.41) is 11.5. The number of hydrogen-bond acceptors (Lipinski definition) is 0. The van der Waals surface area contributed by atoms with Crippen molar-refractivity contribution in [3.8, 4) is 0 Å². The lowest BCUT2D eigenvalue weighted by Gasteiger charge is -2.03. The molecule has 1 aromatic carbocycles. The first-order valence-corrected chi connectivity index (χ1v) is 7.01. The number of aryl methyl sites for hydroxylation is 1. The van der Waals surface area contributed by atoms with Crippen molar-refractivity contribution >= 4 is 23.2 Å². The lowest BCUT2D eigenvalue weighted by Crippen LogP contribution is -1.87. The summed E-state index contributed by atoms with van der Waals surface area (Å²) in [5.41, 5.74) is 1.25. The summed E-state index contributed by atoms with van der Waals surface area (Å²) in [6, 6.07) is 5.83. The molecule has 0 N–H and O–H groups in total. The Labute approximate surface area is 114 Å². The molecule has 0 atom stereocenters. The average Bonchev–Trinajstić information content (AvgIpc) is 2.32. The quantitative estimate of drug-likeness (QED) is 0.573. The van der Waals surface area contributed by atoms with Crippen molar-refractivity contribution in [3.63, 3.8) is 0 Å². The second-order valence-electron chi connectivity index (χ2n) is 4.32. The molecule has 0 aliphatic heterocycles. The standard InChI is InChI=1S/C14H19Cl2O/c15-13-9-8-12(11-14(13)16)7-5-3-1-2-4-6-10-17/h8-9,11H,1-7,10H2. The van der Waals surface area contributed by atoms with E-state index in [2.05, 4.69) is 0 Å². The average molecular weight is 274 g/mol. The van der Waals surface area contributed by atoms with Crippen molar-refractivity contribution in [1.29, 1.82) is 0 Å². The summed E-state index contributed by atoms with van der Waals surface area (Å²) in [4.78, 5) is 0. The Bertz CT molecular complexity index is 326. The number of halogens is 2. The summed E-state index contributed by atoms with van der Waals surface area (Å²) in [5.74, 6) is 0. The van der Waals surface area contributed by atoms with Crippen LogP contribution in [0.15, 0.2) is 18.2 Å². The molecule has 95 valence electrons. The lowest BCUT2D eigenvalue weighted by atomic mass is 10.1. The monoisotopic (exact) mass is 273 g/mol. The Balaban J connectivity index is 2.11. The molecular weight excluding hydrogens is 255 g/mol. The number of unbranched alkanes of at least 4 members (excludes halogenated alkanes) is 5. The maximum atomic E-state index is 10.2. The fraction of sp³-hybridized carbons (Fsp3) is 0.571. The van der Waals surface area contributed by atoms with E-state index < -0.39 is 0 Å². The molecule has 1 rings (SSSR count). The van der Waals surface area contributed by atoms with Gasteiger partial charge in [-0.2, -0.15) is 0 Å². The van der Waals surface area contributed by atoms with Crippen LogP contribution >= 0.6 is 23.2 Å². The molecule has 0 amide bonds. The lowest BCUT2D eigenvalue weighted by molar-refractivity contribution is 0.186. The van der Waals surface area contributed by atoms with Gasteiger partial charge in [0.15, 0.2) is 0 Å². The smallest absolute Gasteiger partial charge is 0.0822 e. The zero-order valence-corrected chi connectivity index (χ0v) is 11.6. The minimum absolute atomic E-state index is 0.0727. The molecule has 0 aromatic heterocycles. The predicted octanol–water partition coefficient (Wildman–Crippen LogP) is 5.31. The fourth-order valence-corrected chi connectivity index (χ4v) is 2.15. The number of hydrogen-bond donors (Lipinski definition) is 0. The third-order valence-corrected chi connectivity index (χ3v) is 3.58. The van der Waals surface area contributed by atoms with E-state index in [4.69, 9.17) is 23.2 Å². The molecule has 0 unspecified atom stereocenters. The molecule has 0 saturated carbocycles. The first-order valence-electron chi connectivity index (χ1n) is 6.26. The number of benzene rings is 1. The summed E-state index contributed by atoms with van der Waals surface area (Å²) < 4.78 is 0. The fourth-order valence-electron chi connectivity index (χ4n) is 1.83. The van der Waals surface area contributed by atoms with Crippen LogP contribution in [-0.2, 0) is 11.5 Å². The van der Waals surface area contributed by atoms with Crippen molar-refractivity contribution in [2.75, 3.05) is 6.61 Å². The van der Waals surface area contributed by atoms with Gasteiger partial charge in [-0.15, -0.1) is 0 Å². The maximum absolute atomic E-state index is 10.2. The molecule has 0 bridgehead atoms. The molecule has 0 saturated heterocycles. The second-order valence-corrected chi connectivity index (χ2v) is 5.14. The van der Waals surface area contributed by atoms with E-state index in [-0.39, 0.29) is 6.61 Å². The zero-order valence-electron chi connectivity index (χ0n) is 10.1. The summed E-state index contributed by atoms with van der Waals surface area (Å²) >= 11 is 11.8. The Kier molecular flexibility index (Phi) is 7.67. The SMILES string of the molecule is [O]CCCCCCCCc1ccc(Cl)c(Cl)c1. The molecule has 0 spiro atoms. The van der Waals surface area contributed by atoms with Crippen molar-refractivity contribution in [2.24, 2.45) is 0 Å². The minimum Gasteiger partial charge on any atom is -0.237 e. The van der Waals surface area contributed by atoms with Crippen LogP contribution in [-0.4, -0.2) is 6.61 Å². The third-order valence-electron chi connectivity index (χ3n) is 2.84. The van der Waals surface area contributed by atoms with Gasteiger partial charge in [-0.1, -0.05) is 55.0 Å². The topological polar surface area (TPSA) is 19.9 Å². The molecule has 17 heavy (non-hydrogen) atoms. The minimum atomic E-state index is 0.0727. The van der Waals surface area contributed by atoms with Gasteiger partial charge in [0.05, 0.1) is 16.7 Å². The highest BCUT2D eigenvalue weighted by molar-refractivity contribution is 6.42. The van der Waals surface area contributed by atoms with Gasteiger partial charge < -0.3 is 0 Å². The summed E-state index contributed by atoms with van der Waals surface area (Å²) in [6.45, 7) is 0.0727. The van der Waals surface area contributed by atoms with E-state index in [9.17, 15) is 5.11 Å². The second kappa shape index (κ2) is 8.79. The van der Waals surface area contributed by atoms with Crippen LogP contribution in [0.4, 0.5) is 0 Å². The third kappa shape index (κ3) is 6.30. The van der Waals surface area contributed by atoms with Crippen LogP contribution in [0.1, 0.15) is 44.1 Å². The van der Waals surface area contributed by atoms with Crippen molar-refractivity contribution in [2.45, 2.75) is 44.9 Å². The Morgan fingerprint density at radius 1 is 0.824 bits per heavy atom. The van der Waals surface area contributed by atoms with Crippen LogP contribution in [0.5, 0.6) is 0 Å². The van der Waals surface area contributed by atoms with Gasteiger partial charge in [0.25, 0.3) is 0 Å². The van der Waals surface area contributed by atoms with E-state index in [1.165, 1.54) is 31.2 Å². The summed E-state index contributed by atoms with van der Waals surface area (Å²) in [6.07, 6.45) is 7.76. The van der Waals surface area contributed by atoms with E-state index in [0.717, 1.165) is 19.3 Å². The molecule has 0 aliphatic rings. The van der Waals surface area contributed by atoms with Gasteiger partial charge >= 0.3 is 0 Å². The van der Waals surface area contributed by atoms with Crippen LogP contribution in [0.25, 0.3) is 0 Å². The first kappa shape index (κ1) is 14.8. The van der Waals surface area contributed by atoms with E-state index in [1.807, 2.05) is 18.2 Å². The summed E-state index contributed by atoms with van der Waals surface area (Å²) in [7, 11) is 0. The van der Waals surface area contributed by atoms with Crippen molar-refractivity contribution in [1.82, 2.24) is 0 Å².